The van der Waals surface area contributed by atoms with Crippen LogP contribution in [0, 0.1) is 11.3 Å². The molecule has 4 nitrogen and oxygen atoms in total. The Labute approximate surface area is 121 Å². The fraction of sp³-hybridized carbons (Fsp3) is 0.500. The molecule has 1 N–H and O–H groups in total. The van der Waals surface area contributed by atoms with Crippen molar-refractivity contribution in [2.24, 2.45) is 0 Å². The summed E-state index contributed by atoms with van der Waals surface area (Å²) in [7, 11) is 0. The fourth-order valence-electron chi connectivity index (χ4n) is 2.10. The quantitative estimate of drug-likeness (QED) is 0.738. The highest BCUT2D eigenvalue weighted by Crippen LogP contribution is 2.12. The Balaban J connectivity index is 2.33. The molecule has 1 atom stereocenters. The van der Waals surface area contributed by atoms with Crippen LogP contribution in [0.5, 0.6) is 0 Å². The maximum Gasteiger partial charge on any atom is 0.223 e. The first-order chi connectivity index (χ1) is 9.72. The third-order valence-electron chi connectivity index (χ3n) is 3.34. The number of hydrogen-bond donors (Lipinski definition) is 1. The predicted molar refractivity (Wildman–Crippen MR) is 80.2 cm³/mol. The van der Waals surface area contributed by atoms with E-state index >= 15 is 0 Å². The van der Waals surface area contributed by atoms with Gasteiger partial charge in [-0.1, -0.05) is 30.3 Å². The van der Waals surface area contributed by atoms with E-state index in [0.29, 0.717) is 19.5 Å². The highest BCUT2D eigenvalue weighted by molar-refractivity contribution is 5.76. The van der Waals surface area contributed by atoms with Crippen LogP contribution in [-0.2, 0) is 4.79 Å². The number of nitriles is 1. The molecule has 0 aliphatic carbocycles. The molecule has 1 rings (SSSR count). The molecule has 0 saturated carbocycles. The van der Waals surface area contributed by atoms with E-state index in [1.165, 1.54) is 0 Å². The maximum atomic E-state index is 11.8. The second-order valence-corrected chi connectivity index (χ2v) is 4.61. The number of nitrogens with zero attached hydrogens (tertiary/aromatic N) is 2. The number of hydrogen-bond acceptors (Lipinski definition) is 3. The zero-order chi connectivity index (χ0) is 14.8. The topological polar surface area (TPSA) is 56.1 Å². The van der Waals surface area contributed by atoms with Crippen molar-refractivity contribution in [3.63, 3.8) is 0 Å². The first-order valence-electron chi connectivity index (χ1n) is 7.15. The molecule has 4 heteroatoms. The zero-order valence-corrected chi connectivity index (χ0v) is 12.3. The second-order valence-electron chi connectivity index (χ2n) is 4.61. The van der Waals surface area contributed by atoms with Crippen LogP contribution in [-0.4, -0.2) is 37.0 Å². The van der Waals surface area contributed by atoms with Gasteiger partial charge in [0.1, 0.15) is 0 Å². The largest absolute Gasteiger partial charge is 0.343 e. The Bertz CT molecular complexity index is 435. The Hall–Kier alpha value is -1.86. The summed E-state index contributed by atoms with van der Waals surface area (Å²) in [6, 6.07) is 12.0. The van der Waals surface area contributed by atoms with Crippen LogP contribution in [0.1, 0.15) is 31.7 Å². The SMILES string of the molecule is CCN(CC)C(=O)CCNCC(C#N)c1ccccc1. The summed E-state index contributed by atoms with van der Waals surface area (Å²) >= 11 is 0. The Kier molecular flexibility index (Phi) is 7.38. The summed E-state index contributed by atoms with van der Waals surface area (Å²) < 4.78 is 0. The number of carbonyl (C=O) groups excluding carboxylic acids is 1. The van der Waals surface area contributed by atoms with Crippen LogP contribution in [0.3, 0.4) is 0 Å². The third-order valence-corrected chi connectivity index (χ3v) is 3.34. The zero-order valence-electron chi connectivity index (χ0n) is 12.3. The van der Waals surface area contributed by atoms with Crippen molar-refractivity contribution in [3.8, 4) is 6.07 Å². The molecule has 1 amide bonds. The summed E-state index contributed by atoms with van der Waals surface area (Å²) in [6.07, 6.45) is 0.481. The number of rotatable bonds is 8. The van der Waals surface area contributed by atoms with Crippen molar-refractivity contribution < 1.29 is 4.79 Å². The van der Waals surface area contributed by atoms with Gasteiger partial charge in [0.15, 0.2) is 0 Å². The minimum absolute atomic E-state index is 0.163. The van der Waals surface area contributed by atoms with E-state index in [9.17, 15) is 10.1 Å². The smallest absolute Gasteiger partial charge is 0.223 e. The van der Waals surface area contributed by atoms with E-state index in [4.69, 9.17) is 0 Å². The van der Waals surface area contributed by atoms with E-state index in [1.54, 1.807) is 0 Å². The molecule has 0 radical (unpaired) electrons. The second kappa shape index (κ2) is 9.11. The van der Waals surface area contributed by atoms with Crippen LogP contribution in [0.4, 0.5) is 0 Å². The van der Waals surface area contributed by atoms with Gasteiger partial charge in [0.25, 0.3) is 0 Å². The molecule has 0 aliphatic rings. The first-order valence-corrected chi connectivity index (χ1v) is 7.15. The molecule has 0 bridgehead atoms. The molecule has 1 aromatic carbocycles. The Morgan fingerprint density at radius 1 is 1.30 bits per heavy atom. The van der Waals surface area contributed by atoms with E-state index in [0.717, 1.165) is 18.7 Å². The Morgan fingerprint density at radius 2 is 1.95 bits per heavy atom. The molecule has 1 unspecified atom stereocenters. The van der Waals surface area contributed by atoms with Gasteiger partial charge in [-0.05, 0) is 19.4 Å². The van der Waals surface area contributed by atoms with E-state index in [-0.39, 0.29) is 11.8 Å². The van der Waals surface area contributed by atoms with E-state index in [1.807, 2.05) is 49.1 Å². The third kappa shape index (κ3) is 5.02. The van der Waals surface area contributed by atoms with Gasteiger partial charge in [-0.25, -0.2) is 0 Å². The van der Waals surface area contributed by atoms with Crippen LogP contribution in [0.2, 0.25) is 0 Å². The Morgan fingerprint density at radius 3 is 2.50 bits per heavy atom. The molecule has 0 aliphatic heterocycles. The van der Waals surface area contributed by atoms with Gasteiger partial charge in [0, 0.05) is 32.6 Å². The lowest BCUT2D eigenvalue weighted by atomic mass is 10.0. The van der Waals surface area contributed by atoms with Crippen molar-refractivity contribution in [2.45, 2.75) is 26.2 Å². The van der Waals surface area contributed by atoms with Gasteiger partial charge in [-0.3, -0.25) is 4.79 Å². The minimum atomic E-state index is -0.167. The highest BCUT2D eigenvalue weighted by atomic mass is 16.2. The van der Waals surface area contributed by atoms with Crippen LogP contribution in [0.25, 0.3) is 0 Å². The average molecular weight is 273 g/mol. The normalized spacial score (nSPS) is 11.7. The van der Waals surface area contributed by atoms with E-state index in [2.05, 4.69) is 11.4 Å². The molecule has 20 heavy (non-hydrogen) atoms. The maximum absolute atomic E-state index is 11.8. The molecule has 0 fully saturated rings. The van der Waals surface area contributed by atoms with Gasteiger partial charge in [-0.2, -0.15) is 5.26 Å². The number of nitrogens with one attached hydrogen (secondary N) is 1. The van der Waals surface area contributed by atoms with Crippen molar-refractivity contribution >= 4 is 5.91 Å². The van der Waals surface area contributed by atoms with Gasteiger partial charge < -0.3 is 10.2 Å². The molecule has 0 spiro atoms. The monoisotopic (exact) mass is 273 g/mol. The summed E-state index contributed by atoms with van der Waals surface area (Å²) in [5.41, 5.74) is 1.01. The lowest BCUT2D eigenvalue weighted by Crippen LogP contribution is -2.33. The van der Waals surface area contributed by atoms with Gasteiger partial charge in [-0.15, -0.1) is 0 Å². The number of amides is 1. The van der Waals surface area contributed by atoms with Crippen LogP contribution in [0.15, 0.2) is 30.3 Å². The predicted octanol–water partition coefficient (Wildman–Crippen LogP) is 2.14. The first kappa shape index (κ1) is 16.2. The molecular formula is C16H23N3O. The van der Waals surface area contributed by atoms with Crippen LogP contribution >= 0.6 is 0 Å². The summed E-state index contributed by atoms with van der Waals surface area (Å²) in [4.78, 5) is 13.6. The molecule has 0 aromatic heterocycles. The molecule has 1 aromatic rings. The van der Waals surface area contributed by atoms with Crippen molar-refractivity contribution in [2.75, 3.05) is 26.2 Å². The highest BCUT2D eigenvalue weighted by Gasteiger charge is 2.11. The van der Waals surface area contributed by atoms with E-state index < -0.39 is 0 Å². The molecule has 0 saturated heterocycles. The molecule has 108 valence electrons. The lowest BCUT2D eigenvalue weighted by Gasteiger charge is -2.18. The van der Waals surface area contributed by atoms with Crippen molar-refractivity contribution in [3.05, 3.63) is 35.9 Å². The fourth-order valence-corrected chi connectivity index (χ4v) is 2.10. The summed E-state index contributed by atoms with van der Waals surface area (Å²) in [6.45, 7) is 6.65. The van der Waals surface area contributed by atoms with Gasteiger partial charge >= 0.3 is 0 Å². The van der Waals surface area contributed by atoms with Gasteiger partial charge in [0.05, 0.1) is 12.0 Å². The number of carbonyl (C=O) groups is 1. The molecular weight excluding hydrogens is 250 g/mol. The summed E-state index contributed by atoms with van der Waals surface area (Å²) in [5.74, 6) is -0.00419. The van der Waals surface area contributed by atoms with Gasteiger partial charge in [0.2, 0.25) is 5.91 Å². The van der Waals surface area contributed by atoms with Crippen LogP contribution < -0.4 is 5.32 Å². The van der Waals surface area contributed by atoms with Crippen molar-refractivity contribution in [1.82, 2.24) is 10.2 Å². The average Bonchev–Trinajstić information content (AvgIpc) is 2.49. The standard InChI is InChI=1S/C16H23N3O/c1-3-19(4-2)16(20)10-11-18-13-15(12-17)14-8-6-5-7-9-14/h5-9,15,18H,3-4,10-11,13H2,1-2H3. The summed E-state index contributed by atoms with van der Waals surface area (Å²) in [5, 5.41) is 12.4. The number of benzene rings is 1. The lowest BCUT2D eigenvalue weighted by molar-refractivity contribution is -0.130. The minimum Gasteiger partial charge on any atom is -0.343 e. The van der Waals surface area contributed by atoms with Crippen molar-refractivity contribution in [1.29, 1.82) is 5.26 Å². The molecule has 0 heterocycles.